The minimum atomic E-state index is -3.13. The topological polar surface area (TPSA) is 107 Å². The van der Waals surface area contributed by atoms with Crippen molar-refractivity contribution in [2.45, 2.75) is 37.6 Å². The molecule has 0 saturated heterocycles. The zero-order valence-electron chi connectivity index (χ0n) is 12.3. The van der Waals surface area contributed by atoms with Gasteiger partial charge in [-0.25, -0.2) is 17.9 Å². The molecule has 1 saturated carbocycles. The van der Waals surface area contributed by atoms with Gasteiger partial charge in [-0.3, -0.25) is 0 Å². The van der Waals surface area contributed by atoms with Crippen molar-refractivity contribution in [2.24, 2.45) is 0 Å². The molecule has 1 aliphatic rings. The van der Waals surface area contributed by atoms with Gasteiger partial charge >= 0.3 is 5.69 Å². The SMILES string of the molecule is CC(CNS(=O)(=O)C1CC1)NCc1ccc2[nH]c(=O)[nH]c2c1. The summed E-state index contributed by atoms with van der Waals surface area (Å²) in [7, 11) is -3.13. The normalized spacial score (nSPS) is 17.0. The first-order valence-electron chi connectivity index (χ1n) is 7.37. The fourth-order valence-electron chi connectivity index (χ4n) is 2.29. The molecule has 3 rings (SSSR count). The smallest absolute Gasteiger partial charge is 0.309 e. The molecule has 0 bridgehead atoms. The maximum absolute atomic E-state index is 11.7. The highest BCUT2D eigenvalue weighted by Crippen LogP contribution is 2.27. The van der Waals surface area contributed by atoms with Gasteiger partial charge in [-0.2, -0.15) is 0 Å². The molecule has 4 N–H and O–H groups in total. The molecule has 120 valence electrons. The lowest BCUT2D eigenvalue weighted by molar-refractivity contribution is 0.524. The summed E-state index contributed by atoms with van der Waals surface area (Å²) in [4.78, 5) is 16.6. The van der Waals surface area contributed by atoms with E-state index in [-0.39, 0.29) is 17.0 Å². The summed E-state index contributed by atoms with van der Waals surface area (Å²) >= 11 is 0. The highest BCUT2D eigenvalue weighted by atomic mass is 32.2. The highest BCUT2D eigenvalue weighted by Gasteiger charge is 2.35. The predicted octanol–water partition coefficient (Wildman–Crippen LogP) is 0.416. The number of aromatic amines is 2. The third-order valence-corrected chi connectivity index (χ3v) is 5.71. The number of H-pyrrole nitrogens is 2. The van der Waals surface area contributed by atoms with Crippen LogP contribution in [-0.2, 0) is 16.6 Å². The van der Waals surface area contributed by atoms with Crippen molar-refractivity contribution in [2.75, 3.05) is 6.54 Å². The van der Waals surface area contributed by atoms with Gasteiger partial charge in [-0.05, 0) is 37.5 Å². The summed E-state index contributed by atoms with van der Waals surface area (Å²) < 4.78 is 26.1. The molecule has 8 heteroatoms. The van der Waals surface area contributed by atoms with Crippen molar-refractivity contribution < 1.29 is 8.42 Å². The van der Waals surface area contributed by atoms with Crippen LogP contribution in [0.5, 0.6) is 0 Å². The molecule has 1 unspecified atom stereocenters. The van der Waals surface area contributed by atoms with Gasteiger partial charge in [0.25, 0.3) is 0 Å². The Morgan fingerprint density at radius 2 is 2.00 bits per heavy atom. The van der Waals surface area contributed by atoms with Crippen molar-refractivity contribution in [3.05, 3.63) is 34.2 Å². The van der Waals surface area contributed by atoms with Gasteiger partial charge in [0.15, 0.2) is 0 Å². The Balaban J connectivity index is 1.53. The molecule has 0 spiro atoms. The van der Waals surface area contributed by atoms with Gasteiger partial charge < -0.3 is 15.3 Å². The average Bonchev–Trinajstić information content (AvgIpc) is 3.25. The van der Waals surface area contributed by atoms with E-state index in [9.17, 15) is 13.2 Å². The van der Waals surface area contributed by atoms with Crippen molar-refractivity contribution in [3.8, 4) is 0 Å². The Morgan fingerprint density at radius 3 is 2.73 bits per heavy atom. The zero-order chi connectivity index (χ0) is 15.7. The number of hydrogen-bond donors (Lipinski definition) is 4. The van der Waals surface area contributed by atoms with Crippen LogP contribution in [0.3, 0.4) is 0 Å². The van der Waals surface area contributed by atoms with E-state index in [4.69, 9.17) is 0 Å². The molecule has 7 nitrogen and oxygen atoms in total. The number of nitrogens with one attached hydrogen (secondary N) is 4. The van der Waals surface area contributed by atoms with Gasteiger partial charge in [-0.1, -0.05) is 6.07 Å². The zero-order valence-corrected chi connectivity index (χ0v) is 13.2. The molecular formula is C14H20N4O3S. The molecule has 1 aliphatic carbocycles. The predicted molar refractivity (Wildman–Crippen MR) is 85.2 cm³/mol. The van der Waals surface area contributed by atoms with Crippen LogP contribution in [0.1, 0.15) is 25.3 Å². The first kappa shape index (κ1) is 15.3. The number of rotatable bonds is 7. The summed E-state index contributed by atoms with van der Waals surface area (Å²) in [6, 6.07) is 5.71. The molecule has 1 fully saturated rings. The highest BCUT2D eigenvalue weighted by molar-refractivity contribution is 7.90. The van der Waals surface area contributed by atoms with Crippen LogP contribution < -0.4 is 15.7 Å². The lowest BCUT2D eigenvalue weighted by atomic mass is 10.2. The second kappa shape index (κ2) is 5.86. The minimum Gasteiger partial charge on any atom is -0.309 e. The number of sulfonamides is 1. The van der Waals surface area contributed by atoms with Crippen molar-refractivity contribution >= 4 is 21.1 Å². The summed E-state index contributed by atoms with van der Waals surface area (Å²) in [5.74, 6) is 0. The number of imidazole rings is 1. The molecule has 1 heterocycles. The summed E-state index contributed by atoms with van der Waals surface area (Å²) in [6.07, 6.45) is 1.54. The average molecular weight is 324 g/mol. The molecular weight excluding hydrogens is 304 g/mol. The van der Waals surface area contributed by atoms with Crippen LogP contribution in [0.15, 0.2) is 23.0 Å². The molecule has 1 aromatic heterocycles. The molecule has 0 amide bonds. The van der Waals surface area contributed by atoms with E-state index in [0.717, 1.165) is 29.4 Å². The Bertz CT molecular complexity index is 820. The van der Waals surface area contributed by atoms with E-state index in [1.807, 2.05) is 25.1 Å². The number of aromatic nitrogens is 2. The number of hydrogen-bond acceptors (Lipinski definition) is 4. The van der Waals surface area contributed by atoms with Gasteiger partial charge in [0.05, 0.1) is 16.3 Å². The molecule has 22 heavy (non-hydrogen) atoms. The van der Waals surface area contributed by atoms with Gasteiger partial charge in [-0.15, -0.1) is 0 Å². The standard InChI is InChI=1S/C14H20N4O3S/c1-9(7-16-22(20,21)11-3-4-11)15-8-10-2-5-12-13(6-10)18-14(19)17-12/h2,5-6,9,11,15-16H,3-4,7-8H2,1H3,(H2,17,18,19). The first-order valence-corrected chi connectivity index (χ1v) is 8.91. The fourth-order valence-corrected chi connectivity index (χ4v) is 3.77. The number of fused-ring (bicyclic) bond motifs is 1. The molecule has 0 radical (unpaired) electrons. The molecule has 0 aliphatic heterocycles. The Hall–Kier alpha value is -1.64. The maximum Gasteiger partial charge on any atom is 0.323 e. The molecule has 1 atom stereocenters. The Kier molecular flexibility index (Phi) is 4.07. The van der Waals surface area contributed by atoms with Crippen LogP contribution in [0, 0.1) is 0 Å². The molecule has 1 aromatic carbocycles. The minimum absolute atomic E-state index is 0.0227. The number of benzene rings is 1. The third-order valence-electron chi connectivity index (χ3n) is 3.79. The van der Waals surface area contributed by atoms with Gasteiger partial charge in [0.1, 0.15) is 0 Å². The summed E-state index contributed by atoms with van der Waals surface area (Å²) in [5, 5.41) is 3.09. The second-order valence-corrected chi connectivity index (χ2v) is 7.88. The first-order chi connectivity index (χ1) is 10.4. The van der Waals surface area contributed by atoms with Crippen LogP contribution in [-0.4, -0.2) is 36.2 Å². The summed E-state index contributed by atoms with van der Waals surface area (Å²) in [5.41, 5.74) is 2.35. The quantitative estimate of drug-likeness (QED) is 0.592. The third kappa shape index (κ3) is 3.57. The van der Waals surface area contributed by atoms with E-state index in [1.165, 1.54) is 0 Å². The van der Waals surface area contributed by atoms with Crippen molar-refractivity contribution in [1.29, 1.82) is 0 Å². The lowest BCUT2D eigenvalue weighted by Gasteiger charge is -2.15. The lowest BCUT2D eigenvalue weighted by Crippen LogP contribution is -2.39. The van der Waals surface area contributed by atoms with E-state index in [0.29, 0.717) is 13.1 Å². The van der Waals surface area contributed by atoms with E-state index >= 15 is 0 Å². The second-order valence-electron chi connectivity index (χ2n) is 5.83. The van der Waals surface area contributed by atoms with E-state index in [2.05, 4.69) is 20.0 Å². The summed E-state index contributed by atoms with van der Waals surface area (Å²) in [6.45, 7) is 2.92. The van der Waals surface area contributed by atoms with E-state index in [1.54, 1.807) is 0 Å². The van der Waals surface area contributed by atoms with Crippen molar-refractivity contribution in [1.82, 2.24) is 20.0 Å². The van der Waals surface area contributed by atoms with Crippen molar-refractivity contribution in [3.63, 3.8) is 0 Å². The van der Waals surface area contributed by atoms with Gasteiger partial charge in [0.2, 0.25) is 10.0 Å². The largest absolute Gasteiger partial charge is 0.323 e. The van der Waals surface area contributed by atoms with E-state index < -0.39 is 10.0 Å². The maximum atomic E-state index is 11.7. The fraction of sp³-hybridized carbons (Fsp3) is 0.500. The Labute approximate surface area is 128 Å². The van der Waals surface area contributed by atoms with Gasteiger partial charge in [0, 0.05) is 19.1 Å². The van der Waals surface area contributed by atoms with Crippen LogP contribution in [0.4, 0.5) is 0 Å². The van der Waals surface area contributed by atoms with Crippen LogP contribution in [0.25, 0.3) is 11.0 Å². The monoisotopic (exact) mass is 324 g/mol. The molecule has 2 aromatic rings. The van der Waals surface area contributed by atoms with Crippen LogP contribution in [0.2, 0.25) is 0 Å². The Morgan fingerprint density at radius 1 is 1.27 bits per heavy atom. The van der Waals surface area contributed by atoms with Crippen LogP contribution >= 0.6 is 0 Å².